The third kappa shape index (κ3) is 13.6. The molecule has 6 heteroatoms. The molecule has 0 spiro atoms. The third-order valence-electron chi connectivity index (χ3n) is 22.5. The number of anilines is 6. The van der Waals surface area contributed by atoms with Crippen LogP contribution in [0.15, 0.2) is 425 Å². The van der Waals surface area contributed by atoms with E-state index in [1.54, 1.807) is 0 Å². The summed E-state index contributed by atoms with van der Waals surface area (Å²) in [5, 5.41) is 31.6. The Kier molecular flexibility index (Phi) is 18.2. The summed E-state index contributed by atoms with van der Waals surface area (Å²) in [5.74, 6) is 0. The smallest absolute Gasteiger partial charge is 0.0479 e. The first-order valence-electron chi connectivity index (χ1n) is 39.4. The van der Waals surface area contributed by atoms with Gasteiger partial charge in [-0.1, -0.05) is 328 Å². The normalized spacial score (nSPS) is 11.4. The van der Waals surface area contributed by atoms with Gasteiger partial charge in [0, 0.05) is 106 Å². The summed E-state index contributed by atoms with van der Waals surface area (Å²) >= 11 is 5.63. The van der Waals surface area contributed by atoms with Gasteiger partial charge in [0.2, 0.25) is 0 Å². The first kappa shape index (κ1) is 69.7. The van der Waals surface area contributed by atoms with Crippen molar-refractivity contribution in [2.45, 2.75) is 0 Å². The van der Waals surface area contributed by atoms with Crippen LogP contribution in [0.2, 0.25) is 0 Å². The monoisotopic (exact) mass is 1530 g/mol. The summed E-state index contributed by atoms with van der Waals surface area (Å²) in [7, 11) is 0. The molecule has 0 fully saturated rings. The zero-order valence-electron chi connectivity index (χ0n) is 63.1. The fraction of sp³-hybridized carbons (Fsp3) is 0. The summed E-state index contributed by atoms with van der Waals surface area (Å²) in [6.45, 7) is 0. The Labute approximate surface area is 684 Å². The van der Waals surface area contributed by atoms with Crippen LogP contribution in [0.25, 0.3) is 181 Å². The van der Waals surface area contributed by atoms with E-state index in [9.17, 15) is 0 Å². The molecule has 0 unspecified atom stereocenters. The lowest BCUT2D eigenvalue weighted by Crippen LogP contribution is -1.92. The summed E-state index contributed by atoms with van der Waals surface area (Å²) < 4.78 is 7.91. The predicted octanol–water partition coefficient (Wildman–Crippen LogP) is 33.2. The topological polar surface area (TPSA) is 36.1 Å². The molecule has 546 valence electrons. The minimum atomic E-state index is 1.07. The fourth-order valence-corrected chi connectivity index (χ4v) is 20.4. The maximum absolute atomic E-state index is 3.75. The van der Waals surface area contributed by atoms with Crippen LogP contribution in [0.5, 0.6) is 0 Å². The van der Waals surface area contributed by atoms with E-state index < -0.39 is 0 Å². The Balaban J connectivity index is 0.000000110. The maximum Gasteiger partial charge on any atom is 0.0479 e. The first-order valence-corrected chi connectivity index (χ1v) is 41.8. The van der Waals surface area contributed by atoms with Gasteiger partial charge in [0.1, 0.15) is 0 Å². The first-order chi connectivity index (χ1) is 57.4. The van der Waals surface area contributed by atoms with E-state index in [1.165, 1.54) is 181 Å². The highest BCUT2D eigenvalue weighted by atomic mass is 32.1. The predicted molar refractivity (Wildman–Crippen MR) is 507 cm³/mol. The zero-order valence-corrected chi connectivity index (χ0v) is 65.6. The Hall–Kier alpha value is -14.2. The number of hydrogen-bond donors (Lipinski definition) is 3. The molecule has 0 saturated carbocycles. The number of rotatable bonds is 12. The number of hydrogen-bond acceptors (Lipinski definition) is 6. The van der Waals surface area contributed by atoms with Crippen molar-refractivity contribution in [1.82, 2.24) is 0 Å². The minimum absolute atomic E-state index is 1.07. The van der Waals surface area contributed by atoms with Gasteiger partial charge in [-0.15, -0.1) is 34.0 Å². The van der Waals surface area contributed by atoms with Gasteiger partial charge in [0.05, 0.1) is 0 Å². The quantitative estimate of drug-likeness (QED) is 0.107. The second-order valence-electron chi connectivity index (χ2n) is 29.7. The molecule has 3 heterocycles. The molecule has 20 aromatic carbocycles. The third-order valence-corrected chi connectivity index (χ3v) is 26.1. The highest BCUT2D eigenvalue weighted by Gasteiger charge is 2.20. The minimum Gasteiger partial charge on any atom is -0.355 e. The van der Waals surface area contributed by atoms with Crippen molar-refractivity contribution in [1.29, 1.82) is 0 Å². The molecule has 0 aliphatic rings. The number of benzene rings is 20. The Bertz CT molecular complexity index is 7650. The highest BCUT2D eigenvalue weighted by Crippen LogP contribution is 2.48. The van der Waals surface area contributed by atoms with E-state index in [0.717, 1.165) is 34.1 Å². The molecule has 0 radical (unpaired) electrons. The number of fused-ring (bicyclic) bond motifs is 15. The van der Waals surface area contributed by atoms with Crippen LogP contribution >= 0.6 is 34.0 Å². The van der Waals surface area contributed by atoms with Crippen LogP contribution in [0.4, 0.5) is 34.1 Å². The molecule has 0 bridgehead atoms. The van der Waals surface area contributed by atoms with Crippen LogP contribution in [0, 0.1) is 0 Å². The van der Waals surface area contributed by atoms with Gasteiger partial charge in [-0.3, -0.25) is 0 Å². The second kappa shape index (κ2) is 30.4. The van der Waals surface area contributed by atoms with Gasteiger partial charge in [0.15, 0.2) is 0 Å². The van der Waals surface area contributed by atoms with Crippen LogP contribution in [0.3, 0.4) is 0 Å². The molecular weight excluding hydrogens is 1460 g/mol. The van der Waals surface area contributed by atoms with E-state index >= 15 is 0 Å². The molecule has 0 atom stereocenters. The van der Waals surface area contributed by atoms with E-state index in [1.807, 2.05) is 34.0 Å². The number of thiophene rings is 3. The van der Waals surface area contributed by atoms with Crippen molar-refractivity contribution in [3.05, 3.63) is 425 Å². The van der Waals surface area contributed by atoms with Crippen LogP contribution < -0.4 is 16.0 Å². The molecule has 3 aromatic heterocycles. The summed E-state index contributed by atoms with van der Waals surface area (Å²) in [6.07, 6.45) is 0. The fourth-order valence-electron chi connectivity index (χ4n) is 16.7. The molecule has 3 N–H and O–H groups in total. The van der Waals surface area contributed by atoms with E-state index in [0.29, 0.717) is 0 Å². The summed E-state index contributed by atoms with van der Waals surface area (Å²) in [5.41, 5.74) is 21.5. The van der Waals surface area contributed by atoms with E-state index in [2.05, 4.69) is 441 Å². The van der Waals surface area contributed by atoms with Crippen molar-refractivity contribution in [2.24, 2.45) is 0 Å². The molecule has 0 aliphatic carbocycles. The van der Waals surface area contributed by atoms with E-state index in [4.69, 9.17) is 0 Å². The number of nitrogens with one attached hydrogen (secondary N) is 3. The highest BCUT2D eigenvalue weighted by molar-refractivity contribution is 7.27. The average Bonchev–Trinajstić information content (AvgIpc) is 1.59. The van der Waals surface area contributed by atoms with Crippen molar-refractivity contribution in [3.8, 4) is 66.8 Å². The van der Waals surface area contributed by atoms with Gasteiger partial charge in [0.25, 0.3) is 0 Å². The molecule has 0 aliphatic heterocycles. The SMILES string of the molecule is c1ccc(-c2ccc(-c3cc(Nc4ccc5ccccc5c4)cc4c3sc3ccccc34)cc2)cc1.c1ccc(-c2ccc(Nc3ccc(-c4ccc5ccccc5c4)c4sc5ccccc5c34)cc2)cc1.c1ccc2c(-c3cc(Nc4ccc(-c5ccc6ccc7ccccc7c6c5)cc4)cc4c3sc3ccccc34)cccc2c1. The lowest BCUT2D eigenvalue weighted by molar-refractivity contribution is 1.56. The van der Waals surface area contributed by atoms with E-state index in [-0.39, 0.29) is 0 Å². The Morgan fingerprint density at radius 2 is 0.552 bits per heavy atom. The maximum atomic E-state index is 3.75. The molecule has 23 aromatic rings. The summed E-state index contributed by atoms with van der Waals surface area (Å²) in [4.78, 5) is 0. The Morgan fingerprint density at radius 1 is 0.155 bits per heavy atom. The van der Waals surface area contributed by atoms with Crippen molar-refractivity contribution in [2.75, 3.05) is 16.0 Å². The van der Waals surface area contributed by atoms with Crippen molar-refractivity contribution < 1.29 is 0 Å². The van der Waals surface area contributed by atoms with Gasteiger partial charge in [-0.05, 0) is 207 Å². The largest absolute Gasteiger partial charge is 0.355 e. The lowest BCUT2D eigenvalue weighted by atomic mass is 9.96. The zero-order chi connectivity index (χ0) is 76.8. The van der Waals surface area contributed by atoms with Gasteiger partial charge in [-0.25, -0.2) is 0 Å². The van der Waals surface area contributed by atoms with Crippen molar-refractivity contribution >= 4 is 183 Å². The van der Waals surface area contributed by atoms with Gasteiger partial charge in [-0.2, -0.15) is 0 Å². The van der Waals surface area contributed by atoms with Crippen LogP contribution in [-0.4, -0.2) is 0 Å². The molecule has 0 saturated heterocycles. The molecule has 23 rings (SSSR count). The molecule has 0 amide bonds. The molecule has 116 heavy (non-hydrogen) atoms. The van der Waals surface area contributed by atoms with Crippen LogP contribution in [-0.2, 0) is 0 Å². The second-order valence-corrected chi connectivity index (χ2v) is 32.8. The lowest BCUT2D eigenvalue weighted by Gasteiger charge is -2.13. The van der Waals surface area contributed by atoms with Crippen LogP contribution in [0.1, 0.15) is 0 Å². The summed E-state index contributed by atoms with van der Waals surface area (Å²) in [6, 6.07) is 153. The molecule has 3 nitrogen and oxygen atoms in total. The van der Waals surface area contributed by atoms with Crippen molar-refractivity contribution in [3.63, 3.8) is 0 Å². The average molecular weight is 1530 g/mol. The molecular formula is C110H73N3S3. The standard InChI is InChI=1S/C42H27NS.2C34H23NS/c1-3-11-34-28(8-1)10-7-14-36(34)39-25-33(26-40-37-13-5-6-15-41(37)44-42(39)40)43-32-22-20-27(21-23-32)31-19-18-30-17-16-29-9-2-4-12-35(29)38(30)24-31;1-2-8-23(9-3-1)25-14-16-26(17-15-25)31-21-29(22-32-30-12-6-7-13-33(30)36-34(31)32)35-28-19-18-24-10-4-5-11-27(24)20-28;1-2-8-23(9-3-1)25-16-18-28(19-17-25)35-31-21-20-29(27-15-14-24-10-4-5-11-26(24)22-27)34-33(31)30-12-6-7-13-32(30)36-34/h1-26,43H;2*1-22,35H. The van der Waals surface area contributed by atoms with Gasteiger partial charge >= 0.3 is 0 Å². The Morgan fingerprint density at radius 3 is 1.19 bits per heavy atom. The van der Waals surface area contributed by atoms with Gasteiger partial charge < -0.3 is 16.0 Å².